The molecular formula is C13H16FNO. The first kappa shape index (κ1) is 11.2. The summed E-state index contributed by atoms with van der Waals surface area (Å²) in [7, 11) is 0. The minimum atomic E-state index is -0.435. The number of pyridine rings is 1. The lowest BCUT2D eigenvalue weighted by Crippen LogP contribution is -2.22. The highest BCUT2D eigenvalue weighted by Gasteiger charge is 2.26. The average Bonchev–Trinajstić information content (AvgIpc) is 2.28. The third kappa shape index (κ3) is 2.46. The van der Waals surface area contributed by atoms with Gasteiger partial charge in [0.15, 0.2) is 5.78 Å². The van der Waals surface area contributed by atoms with Gasteiger partial charge in [-0.25, -0.2) is 4.39 Å². The lowest BCUT2D eigenvalue weighted by molar-refractivity contribution is 0.0867. The molecule has 16 heavy (non-hydrogen) atoms. The fraction of sp³-hybridized carbons (Fsp3) is 0.538. The third-order valence-electron chi connectivity index (χ3n) is 3.30. The van der Waals surface area contributed by atoms with Crippen molar-refractivity contribution in [1.29, 1.82) is 0 Å². The van der Waals surface area contributed by atoms with Crippen LogP contribution in [0.2, 0.25) is 0 Å². The Labute approximate surface area is 94.9 Å². The van der Waals surface area contributed by atoms with Crippen LogP contribution in [0, 0.1) is 17.7 Å². The third-order valence-corrected chi connectivity index (χ3v) is 3.30. The SMILES string of the molecule is CC1CCCC(C(=O)c2cncc(F)c2)C1. The second-order valence-corrected chi connectivity index (χ2v) is 4.72. The summed E-state index contributed by atoms with van der Waals surface area (Å²) in [5.41, 5.74) is 0.416. The molecule has 0 radical (unpaired) electrons. The van der Waals surface area contributed by atoms with E-state index in [-0.39, 0.29) is 11.7 Å². The summed E-state index contributed by atoms with van der Waals surface area (Å²) in [6, 6.07) is 1.29. The molecule has 0 aliphatic heterocycles. The molecule has 86 valence electrons. The van der Waals surface area contributed by atoms with Crippen LogP contribution >= 0.6 is 0 Å². The van der Waals surface area contributed by atoms with Crippen LogP contribution in [0.5, 0.6) is 0 Å². The Morgan fingerprint density at radius 3 is 2.94 bits per heavy atom. The van der Waals surface area contributed by atoms with Crippen molar-refractivity contribution in [2.45, 2.75) is 32.6 Å². The van der Waals surface area contributed by atoms with Gasteiger partial charge in [-0.1, -0.05) is 19.8 Å². The molecule has 0 saturated heterocycles. The molecule has 1 aliphatic carbocycles. The molecule has 2 nitrogen and oxygen atoms in total. The molecule has 2 rings (SSSR count). The molecule has 1 heterocycles. The van der Waals surface area contributed by atoms with Gasteiger partial charge >= 0.3 is 0 Å². The Kier molecular flexibility index (Phi) is 3.32. The molecule has 0 bridgehead atoms. The quantitative estimate of drug-likeness (QED) is 0.718. The number of aromatic nitrogens is 1. The standard InChI is InChI=1S/C13H16FNO/c1-9-3-2-4-10(5-9)13(16)11-6-12(14)8-15-7-11/h6-10H,2-5H2,1H3. The highest BCUT2D eigenvalue weighted by molar-refractivity contribution is 5.97. The first-order valence-corrected chi connectivity index (χ1v) is 5.81. The molecule has 1 fully saturated rings. The monoisotopic (exact) mass is 221 g/mol. The van der Waals surface area contributed by atoms with Gasteiger partial charge in [0.05, 0.1) is 6.20 Å². The summed E-state index contributed by atoms with van der Waals surface area (Å²) in [4.78, 5) is 15.8. The highest BCUT2D eigenvalue weighted by Crippen LogP contribution is 2.30. The van der Waals surface area contributed by atoms with E-state index in [2.05, 4.69) is 11.9 Å². The van der Waals surface area contributed by atoms with Crippen molar-refractivity contribution in [2.75, 3.05) is 0 Å². The fourth-order valence-corrected chi connectivity index (χ4v) is 2.45. The van der Waals surface area contributed by atoms with Crippen molar-refractivity contribution < 1.29 is 9.18 Å². The molecule has 2 unspecified atom stereocenters. The molecule has 3 heteroatoms. The van der Waals surface area contributed by atoms with E-state index in [1.54, 1.807) is 0 Å². The second-order valence-electron chi connectivity index (χ2n) is 4.72. The molecule has 0 spiro atoms. The van der Waals surface area contributed by atoms with Crippen LogP contribution in [0.1, 0.15) is 43.0 Å². The fourth-order valence-electron chi connectivity index (χ4n) is 2.45. The Bertz CT molecular complexity index is 391. The number of halogens is 1. The molecular weight excluding hydrogens is 205 g/mol. The van der Waals surface area contributed by atoms with Crippen molar-refractivity contribution in [1.82, 2.24) is 4.98 Å². The van der Waals surface area contributed by atoms with Gasteiger partial charge in [0.1, 0.15) is 5.82 Å². The van der Waals surface area contributed by atoms with Crippen LogP contribution in [0.3, 0.4) is 0 Å². The molecule has 1 aliphatic rings. The Hall–Kier alpha value is -1.25. The maximum Gasteiger partial charge on any atom is 0.167 e. The predicted octanol–water partition coefficient (Wildman–Crippen LogP) is 3.23. The van der Waals surface area contributed by atoms with Crippen LogP contribution in [0.4, 0.5) is 4.39 Å². The average molecular weight is 221 g/mol. The van der Waals surface area contributed by atoms with Gasteiger partial charge in [0.25, 0.3) is 0 Å². The highest BCUT2D eigenvalue weighted by atomic mass is 19.1. The van der Waals surface area contributed by atoms with Gasteiger partial charge < -0.3 is 0 Å². The molecule has 1 aromatic rings. The van der Waals surface area contributed by atoms with E-state index in [1.807, 2.05) is 0 Å². The summed E-state index contributed by atoms with van der Waals surface area (Å²) in [6.07, 6.45) is 6.74. The van der Waals surface area contributed by atoms with E-state index in [4.69, 9.17) is 0 Å². The van der Waals surface area contributed by atoms with Crippen LogP contribution in [0.15, 0.2) is 18.5 Å². The normalized spacial score (nSPS) is 25.4. The number of carbonyl (C=O) groups excluding carboxylic acids is 1. The van der Waals surface area contributed by atoms with Crippen molar-refractivity contribution in [3.63, 3.8) is 0 Å². The Morgan fingerprint density at radius 2 is 2.25 bits per heavy atom. The zero-order valence-corrected chi connectivity index (χ0v) is 9.45. The minimum Gasteiger partial charge on any atom is -0.294 e. The van der Waals surface area contributed by atoms with E-state index in [0.29, 0.717) is 11.5 Å². The summed E-state index contributed by atoms with van der Waals surface area (Å²) in [5, 5.41) is 0. The first-order chi connectivity index (χ1) is 7.66. The van der Waals surface area contributed by atoms with E-state index >= 15 is 0 Å². The maximum absolute atomic E-state index is 13.0. The summed E-state index contributed by atoms with van der Waals surface area (Å²) in [5.74, 6) is 0.282. The Morgan fingerprint density at radius 1 is 1.44 bits per heavy atom. The Balaban J connectivity index is 2.12. The maximum atomic E-state index is 13.0. The van der Waals surface area contributed by atoms with Crippen LogP contribution in [0.25, 0.3) is 0 Å². The number of hydrogen-bond acceptors (Lipinski definition) is 2. The molecule has 2 atom stereocenters. The number of ketones is 1. The predicted molar refractivity (Wildman–Crippen MR) is 59.6 cm³/mol. The van der Waals surface area contributed by atoms with Crippen molar-refractivity contribution >= 4 is 5.78 Å². The van der Waals surface area contributed by atoms with E-state index < -0.39 is 5.82 Å². The van der Waals surface area contributed by atoms with Gasteiger partial charge in [-0.3, -0.25) is 9.78 Å². The van der Waals surface area contributed by atoms with Crippen molar-refractivity contribution in [3.05, 3.63) is 29.8 Å². The summed E-state index contributed by atoms with van der Waals surface area (Å²) in [6.45, 7) is 2.17. The summed E-state index contributed by atoms with van der Waals surface area (Å²) >= 11 is 0. The van der Waals surface area contributed by atoms with Crippen LogP contribution < -0.4 is 0 Å². The van der Waals surface area contributed by atoms with E-state index in [9.17, 15) is 9.18 Å². The number of carbonyl (C=O) groups is 1. The lowest BCUT2D eigenvalue weighted by atomic mass is 9.79. The van der Waals surface area contributed by atoms with Crippen molar-refractivity contribution in [2.24, 2.45) is 11.8 Å². The molecule has 0 amide bonds. The number of Topliss-reactive ketones (excluding diaryl/α,β-unsaturated/α-hetero) is 1. The van der Waals surface area contributed by atoms with Gasteiger partial charge in [-0.05, 0) is 24.8 Å². The molecule has 0 N–H and O–H groups in total. The number of rotatable bonds is 2. The lowest BCUT2D eigenvalue weighted by Gasteiger charge is -2.25. The zero-order chi connectivity index (χ0) is 11.5. The summed E-state index contributed by atoms with van der Waals surface area (Å²) < 4.78 is 13.0. The van der Waals surface area contributed by atoms with E-state index in [1.165, 1.54) is 18.7 Å². The smallest absolute Gasteiger partial charge is 0.167 e. The molecule has 1 saturated carbocycles. The number of hydrogen-bond donors (Lipinski definition) is 0. The molecule has 1 aromatic heterocycles. The van der Waals surface area contributed by atoms with Gasteiger partial charge in [-0.15, -0.1) is 0 Å². The first-order valence-electron chi connectivity index (χ1n) is 5.81. The molecule has 0 aromatic carbocycles. The van der Waals surface area contributed by atoms with E-state index in [0.717, 1.165) is 25.5 Å². The van der Waals surface area contributed by atoms with Crippen LogP contribution in [-0.2, 0) is 0 Å². The number of nitrogens with zero attached hydrogens (tertiary/aromatic N) is 1. The second kappa shape index (κ2) is 4.73. The van der Waals surface area contributed by atoms with Crippen LogP contribution in [-0.4, -0.2) is 10.8 Å². The minimum absolute atomic E-state index is 0.0542. The topological polar surface area (TPSA) is 30.0 Å². The van der Waals surface area contributed by atoms with Gasteiger partial charge in [-0.2, -0.15) is 0 Å². The van der Waals surface area contributed by atoms with Gasteiger partial charge in [0, 0.05) is 17.7 Å². The zero-order valence-electron chi connectivity index (χ0n) is 9.45. The van der Waals surface area contributed by atoms with Gasteiger partial charge in [0.2, 0.25) is 0 Å². The largest absolute Gasteiger partial charge is 0.294 e. The van der Waals surface area contributed by atoms with Crippen molar-refractivity contribution in [3.8, 4) is 0 Å².